The van der Waals surface area contributed by atoms with Crippen LogP contribution >= 0.6 is 0 Å². The summed E-state index contributed by atoms with van der Waals surface area (Å²) in [5.41, 5.74) is -0.00732. The highest BCUT2D eigenvalue weighted by Crippen LogP contribution is 2.05. The predicted molar refractivity (Wildman–Crippen MR) is 67.5 cm³/mol. The number of hydrogen-bond donors (Lipinski definition) is 1. The molecule has 94 valence electrons. The minimum Gasteiger partial charge on any atom is -0.370 e. The third-order valence-electron chi connectivity index (χ3n) is 3.34. The van der Waals surface area contributed by atoms with Gasteiger partial charge < -0.3 is 9.64 Å². The largest absolute Gasteiger partial charge is 0.370 e. The molecule has 2 heterocycles. The number of ether oxygens (including phenoxy) is 1. The standard InChI is InChI=1S/C13H15N3O2/c17-13-12-4-2-1-3-11(12)9-14-16(13)10-15-5-7-18-8-6-15/h1-4,9H,5-8,10H2/p+1. The van der Waals surface area contributed by atoms with Crippen molar-refractivity contribution in [1.29, 1.82) is 0 Å². The number of morpholine rings is 1. The molecule has 0 aliphatic carbocycles. The molecule has 1 saturated heterocycles. The summed E-state index contributed by atoms with van der Waals surface area (Å²) in [6.07, 6.45) is 1.76. The Morgan fingerprint density at radius 3 is 2.89 bits per heavy atom. The van der Waals surface area contributed by atoms with Crippen LogP contribution in [-0.2, 0) is 11.4 Å². The average molecular weight is 246 g/mol. The summed E-state index contributed by atoms with van der Waals surface area (Å²) in [4.78, 5) is 13.6. The van der Waals surface area contributed by atoms with Gasteiger partial charge in [0.2, 0.25) is 0 Å². The summed E-state index contributed by atoms with van der Waals surface area (Å²) in [6.45, 7) is 4.00. The molecule has 0 bridgehead atoms. The minimum absolute atomic E-state index is 0.00732. The topological polar surface area (TPSA) is 48.6 Å². The van der Waals surface area contributed by atoms with Gasteiger partial charge in [0.15, 0.2) is 6.67 Å². The van der Waals surface area contributed by atoms with Gasteiger partial charge >= 0.3 is 0 Å². The molecule has 2 aromatic rings. The molecule has 3 rings (SSSR count). The van der Waals surface area contributed by atoms with E-state index in [0.29, 0.717) is 6.67 Å². The van der Waals surface area contributed by atoms with Gasteiger partial charge in [-0.2, -0.15) is 9.78 Å². The van der Waals surface area contributed by atoms with Gasteiger partial charge in [0.1, 0.15) is 13.1 Å². The Morgan fingerprint density at radius 2 is 2.06 bits per heavy atom. The highest BCUT2D eigenvalue weighted by Gasteiger charge is 2.15. The Balaban J connectivity index is 1.92. The maximum atomic E-state index is 12.3. The molecule has 0 spiro atoms. The normalized spacial score (nSPS) is 17.1. The maximum absolute atomic E-state index is 12.3. The molecule has 18 heavy (non-hydrogen) atoms. The summed E-state index contributed by atoms with van der Waals surface area (Å²) in [5.74, 6) is 0. The molecular weight excluding hydrogens is 230 g/mol. The van der Waals surface area contributed by atoms with Crippen molar-refractivity contribution in [3.63, 3.8) is 0 Å². The molecule has 1 aromatic carbocycles. The number of nitrogens with one attached hydrogen (secondary N) is 1. The van der Waals surface area contributed by atoms with Gasteiger partial charge in [0.05, 0.1) is 24.8 Å². The lowest BCUT2D eigenvalue weighted by Gasteiger charge is -2.23. The van der Waals surface area contributed by atoms with E-state index in [9.17, 15) is 4.79 Å². The highest BCUT2D eigenvalue weighted by molar-refractivity contribution is 5.80. The number of fused-ring (bicyclic) bond motifs is 1. The van der Waals surface area contributed by atoms with Crippen molar-refractivity contribution in [2.45, 2.75) is 6.67 Å². The zero-order valence-electron chi connectivity index (χ0n) is 10.1. The smallest absolute Gasteiger partial charge is 0.279 e. The molecule has 5 heteroatoms. The third kappa shape index (κ3) is 2.14. The zero-order valence-corrected chi connectivity index (χ0v) is 10.1. The van der Waals surface area contributed by atoms with E-state index in [0.717, 1.165) is 37.1 Å². The number of benzene rings is 1. The van der Waals surface area contributed by atoms with E-state index in [1.54, 1.807) is 10.9 Å². The van der Waals surface area contributed by atoms with E-state index in [1.807, 2.05) is 24.3 Å². The minimum atomic E-state index is -0.00732. The fraction of sp³-hybridized carbons (Fsp3) is 0.385. The van der Waals surface area contributed by atoms with Gasteiger partial charge in [-0.05, 0) is 6.07 Å². The number of quaternary nitrogens is 1. The van der Waals surface area contributed by atoms with Crippen molar-refractivity contribution in [3.05, 3.63) is 40.8 Å². The van der Waals surface area contributed by atoms with Crippen LogP contribution in [0.25, 0.3) is 10.8 Å². The molecule has 1 aliphatic heterocycles. The second-order valence-electron chi connectivity index (χ2n) is 4.56. The van der Waals surface area contributed by atoms with Crippen LogP contribution in [0.4, 0.5) is 0 Å². The highest BCUT2D eigenvalue weighted by atomic mass is 16.5. The van der Waals surface area contributed by atoms with Crippen LogP contribution in [0.5, 0.6) is 0 Å². The van der Waals surface area contributed by atoms with Crippen LogP contribution in [0.15, 0.2) is 35.3 Å². The molecule has 0 saturated carbocycles. The first-order valence-electron chi connectivity index (χ1n) is 6.21. The summed E-state index contributed by atoms with van der Waals surface area (Å²) in [7, 11) is 0. The number of nitrogens with zero attached hydrogens (tertiary/aromatic N) is 2. The number of aromatic nitrogens is 2. The molecule has 1 aliphatic rings. The predicted octanol–water partition coefficient (Wildman–Crippen LogP) is -0.731. The Labute approximate surface area is 105 Å². The SMILES string of the molecule is O=c1c2ccccc2cnn1C[NH+]1CCOCC1. The monoisotopic (exact) mass is 246 g/mol. The zero-order chi connectivity index (χ0) is 12.4. The van der Waals surface area contributed by atoms with Crippen molar-refractivity contribution in [1.82, 2.24) is 9.78 Å². The van der Waals surface area contributed by atoms with Crippen molar-refractivity contribution < 1.29 is 9.64 Å². The van der Waals surface area contributed by atoms with E-state index in [2.05, 4.69) is 5.10 Å². The molecule has 1 fully saturated rings. The van der Waals surface area contributed by atoms with Crippen LogP contribution in [0.3, 0.4) is 0 Å². The Hall–Kier alpha value is -1.72. The van der Waals surface area contributed by atoms with Gasteiger partial charge in [0, 0.05) is 5.39 Å². The van der Waals surface area contributed by atoms with E-state index in [-0.39, 0.29) is 5.56 Å². The first-order chi connectivity index (χ1) is 8.84. The molecular formula is C13H16N3O2+. The summed E-state index contributed by atoms with van der Waals surface area (Å²) < 4.78 is 6.87. The Kier molecular flexibility index (Phi) is 3.08. The van der Waals surface area contributed by atoms with Gasteiger partial charge in [-0.15, -0.1) is 0 Å². The Bertz CT molecular complexity index is 602. The molecule has 0 atom stereocenters. The number of rotatable bonds is 2. The van der Waals surface area contributed by atoms with Crippen LogP contribution in [0, 0.1) is 0 Å². The third-order valence-corrected chi connectivity index (χ3v) is 3.34. The van der Waals surface area contributed by atoms with Crippen LogP contribution in [0.1, 0.15) is 0 Å². The maximum Gasteiger partial charge on any atom is 0.279 e. The van der Waals surface area contributed by atoms with Gasteiger partial charge in [-0.3, -0.25) is 4.79 Å². The van der Waals surface area contributed by atoms with Gasteiger partial charge in [0.25, 0.3) is 5.56 Å². The van der Waals surface area contributed by atoms with Gasteiger partial charge in [-0.1, -0.05) is 18.2 Å². The summed E-state index contributed by atoms with van der Waals surface area (Å²) in [6, 6.07) is 7.57. The summed E-state index contributed by atoms with van der Waals surface area (Å²) in [5, 5.41) is 5.88. The van der Waals surface area contributed by atoms with Crippen molar-refractivity contribution in [2.75, 3.05) is 26.3 Å². The van der Waals surface area contributed by atoms with Crippen molar-refractivity contribution in [3.8, 4) is 0 Å². The van der Waals surface area contributed by atoms with E-state index >= 15 is 0 Å². The number of hydrogen-bond acceptors (Lipinski definition) is 3. The second-order valence-corrected chi connectivity index (χ2v) is 4.56. The second kappa shape index (κ2) is 4.88. The lowest BCUT2D eigenvalue weighted by molar-refractivity contribution is -0.931. The van der Waals surface area contributed by atoms with Crippen LogP contribution in [0.2, 0.25) is 0 Å². The van der Waals surface area contributed by atoms with E-state index < -0.39 is 0 Å². The van der Waals surface area contributed by atoms with E-state index in [1.165, 1.54) is 4.90 Å². The van der Waals surface area contributed by atoms with E-state index in [4.69, 9.17) is 4.74 Å². The lowest BCUT2D eigenvalue weighted by atomic mass is 10.2. The molecule has 5 nitrogen and oxygen atoms in total. The lowest BCUT2D eigenvalue weighted by Crippen LogP contribution is -3.13. The fourth-order valence-corrected chi connectivity index (χ4v) is 2.27. The first kappa shape index (κ1) is 11.4. The Morgan fingerprint density at radius 1 is 1.28 bits per heavy atom. The quantitative estimate of drug-likeness (QED) is 0.760. The van der Waals surface area contributed by atoms with Crippen LogP contribution in [-0.4, -0.2) is 36.1 Å². The molecule has 0 radical (unpaired) electrons. The molecule has 0 unspecified atom stereocenters. The summed E-state index contributed by atoms with van der Waals surface area (Å²) >= 11 is 0. The van der Waals surface area contributed by atoms with Crippen LogP contribution < -0.4 is 10.5 Å². The average Bonchev–Trinajstić information content (AvgIpc) is 2.43. The van der Waals surface area contributed by atoms with Crippen molar-refractivity contribution in [2.24, 2.45) is 0 Å². The van der Waals surface area contributed by atoms with Crippen molar-refractivity contribution >= 4 is 10.8 Å². The molecule has 1 aromatic heterocycles. The molecule has 0 amide bonds. The fourth-order valence-electron chi connectivity index (χ4n) is 2.27. The first-order valence-corrected chi connectivity index (χ1v) is 6.21. The molecule has 1 N–H and O–H groups in total. The van der Waals surface area contributed by atoms with Gasteiger partial charge in [-0.25, -0.2) is 0 Å².